The summed E-state index contributed by atoms with van der Waals surface area (Å²) >= 11 is 0. The number of para-hydroxylation sites is 1. The van der Waals surface area contributed by atoms with Crippen molar-refractivity contribution >= 4 is 5.69 Å². The van der Waals surface area contributed by atoms with E-state index in [-0.39, 0.29) is 0 Å². The lowest BCUT2D eigenvalue weighted by Gasteiger charge is -2.10. The molecule has 2 rings (SSSR count). The highest BCUT2D eigenvalue weighted by atomic mass is 16.5. The second-order valence-corrected chi connectivity index (χ2v) is 3.77. The number of hydrogen-bond donors (Lipinski definition) is 1. The monoisotopic (exact) mass is 213 g/mol. The lowest BCUT2D eigenvalue weighted by Crippen LogP contribution is -1.92. The Labute approximate surface area is 95.7 Å². The smallest absolute Gasteiger partial charge is 0.119 e. The van der Waals surface area contributed by atoms with Crippen LogP contribution in [0.3, 0.4) is 0 Å². The van der Waals surface area contributed by atoms with Crippen molar-refractivity contribution in [3.05, 3.63) is 48.0 Å². The number of anilines is 1. The molecule has 2 aromatic carbocycles. The summed E-state index contributed by atoms with van der Waals surface area (Å²) in [7, 11) is 1.67. The molecule has 0 atom stereocenters. The SMILES string of the molecule is COc1ccc(-c2ccccc2N)c(C)c1. The van der Waals surface area contributed by atoms with Crippen molar-refractivity contribution in [2.75, 3.05) is 12.8 Å². The second kappa shape index (κ2) is 4.27. The third kappa shape index (κ3) is 1.87. The average molecular weight is 213 g/mol. The first-order valence-corrected chi connectivity index (χ1v) is 5.22. The van der Waals surface area contributed by atoms with Gasteiger partial charge in [0.2, 0.25) is 0 Å². The van der Waals surface area contributed by atoms with Crippen molar-refractivity contribution in [3.63, 3.8) is 0 Å². The molecule has 0 fully saturated rings. The van der Waals surface area contributed by atoms with E-state index in [2.05, 4.69) is 6.92 Å². The predicted octanol–water partition coefficient (Wildman–Crippen LogP) is 3.25. The van der Waals surface area contributed by atoms with E-state index in [1.54, 1.807) is 7.11 Å². The largest absolute Gasteiger partial charge is 0.497 e. The maximum absolute atomic E-state index is 5.96. The molecule has 16 heavy (non-hydrogen) atoms. The van der Waals surface area contributed by atoms with E-state index in [0.717, 1.165) is 28.1 Å². The fourth-order valence-electron chi connectivity index (χ4n) is 1.81. The minimum absolute atomic E-state index is 0.802. The van der Waals surface area contributed by atoms with E-state index in [0.29, 0.717) is 0 Å². The van der Waals surface area contributed by atoms with Gasteiger partial charge in [0, 0.05) is 11.3 Å². The molecule has 2 heteroatoms. The normalized spacial score (nSPS) is 10.1. The molecule has 0 bridgehead atoms. The summed E-state index contributed by atoms with van der Waals surface area (Å²) in [6.07, 6.45) is 0. The molecule has 0 aromatic heterocycles. The van der Waals surface area contributed by atoms with Gasteiger partial charge in [-0.3, -0.25) is 0 Å². The molecule has 0 spiro atoms. The molecule has 0 aliphatic carbocycles. The number of methoxy groups -OCH3 is 1. The van der Waals surface area contributed by atoms with Crippen molar-refractivity contribution in [3.8, 4) is 16.9 Å². The topological polar surface area (TPSA) is 35.2 Å². The average Bonchev–Trinajstić information content (AvgIpc) is 2.30. The van der Waals surface area contributed by atoms with Crippen LogP contribution in [0, 0.1) is 6.92 Å². The van der Waals surface area contributed by atoms with Crippen LogP contribution in [0.1, 0.15) is 5.56 Å². The number of hydrogen-bond acceptors (Lipinski definition) is 2. The number of nitrogen functional groups attached to an aromatic ring is 1. The number of nitrogens with two attached hydrogens (primary N) is 1. The van der Waals surface area contributed by atoms with Gasteiger partial charge in [0.25, 0.3) is 0 Å². The molecular weight excluding hydrogens is 198 g/mol. The highest BCUT2D eigenvalue weighted by Crippen LogP contribution is 2.30. The summed E-state index contributed by atoms with van der Waals surface area (Å²) in [5.41, 5.74) is 10.2. The molecule has 2 N–H and O–H groups in total. The Hall–Kier alpha value is -1.96. The zero-order valence-electron chi connectivity index (χ0n) is 9.53. The van der Waals surface area contributed by atoms with Gasteiger partial charge in [-0.15, -0.1) is 0 Å². The Morgan fingerprint density at radius 1 is 1.00 bits per heavy atom. The molecule has 0 aliphatic rings. The number of aryl methyl sites for hydroxylation is 1. The maximum atomic E-state index is 5.96. The van der Waals surface area contributed by atoms with Crippen molar-refractivity contribution in [2.24, 2.45) is 0 Å². The first kappa shape index (κ1) is 10.6. The van der Waals surface area contributed by atoms with E-state index in [9.17, 15) is 0 Å². The summed E-state index contributed by atoms with van der Waals surface area (Å²) in [6.45, 7) is 2.06. The van der Waals surface area contributed by atoms with Gasteiger partial charge in [0.15, 0.2) is 0 Å². The Morgan fingerprint density at radius 2 is 1.75 bits per heavy atom. The molecule has 2 nitrogen and oxygen atoms in total. The van der Waals surface area contributed by atoms with E-state index in [1.807, 2.05) is 42.5 Å². The summed E-state index contributed by atoms with van der Waals surface area (Å²) in [5.74, 6) is 0.871. The van der Waals surface area contributed by atoms with Crippen LogP contribution in [0.15, 0.2) is 42.5 Å². The minimum atomic E-state index is 0.802. The van der Waals surface area contributed by atoms with Gasteiger partial charge in [0.1, 0.15) is 5.75 Å². The number of ether oxygens (including phenoxy) is 1. The van der Waals surface area contributed by atoms with Crippen molar-refractivity contribution in [2.45, 2.75) is 6.92 Å². The van der Waals surface area contributed by atoms with Crippen molar-refractivity contribution < 1.29 is 4.74 Å². The lowest BCUT2D eigenvalue weighted by atomic mass is 9.99. The molecule has 2 aromatic rings. The summed E-state index contributed by atoms with van der Waals surface area (Å²) in [5, 5.41) is 0. The molecule has 0 aliphatic heterocycles. The van der Waals surface area contributed by atoms with E-state index in [1.165, 1.54) is 0 Å². The summed E-state index contributed by atoms with van der Waals surface area (Å²) in [6, 6.07) is 13.9. The van der Waals surface area contributed by atoms with Crippen LogP contribution in [0.5, 0.6) is 5.75 Å². The number of benzene rings is 2. The molecule has 0 saturated heterocycles. The van der Waals surface area contributed by atoms with Crippen LogP contribution in [0.4, 0.5) is 5.69 Å². The molecule has 0 saturated carbocycles. The van der Waals surface area contributed by atoms with Crippen molar-refractivity contribution in [1.29, 1.82) is 0 Å². The quantitative estimate of drug-likeness (QED) is 0.777. The van der Waals surface area contributed by atoms with Gasteiger partial charge >= 0.3 is 0 Å². The Morgan fingerprint density at radius 3 is 2.38 bits per heavy atom. The van der Waals surface area contributed by atoms with Crippen LogP contribution >= 0.6 is 0 Å². The number of rotatable bonds is 2. The van der Waals surface area contributed by atoms with E-state index < -0.39 is 0 Å². The summed E-state index contributed by atoms with van der Waals surface area (Å²) in [4.78, 5) is 0. The molecule has 82 valence electrons. The Balaban J connectivity index is 2.53. The van der Waals surface area contributed by atoms with Crippen LogP contribution < -0.4 is 10.5 Å². The standard InChI is InChI=1S/C14H15NO/c1-10-9-11(16-2)7-8-12(10)13-5-3-4-6-14(13)15/h3-9H,15H2,1-2H3. The van der Waals surface area contributed by atoms with Crippen molar-refractivity contribution in [1.82, 2.24) is 0 Å². The Bertz CT molecular complexity index is 506. The maximum Gasteiger partial charge on any atom is 0.119 e. The fourth-order valence-corrected chi connectivity index (χ4v) is 1.81. The predicted molar refractivity (Wildman–Crippen MR) is 67.6 cm³/mol. The van der Waals surface area contributed by atoms with Gasteiger partial charge in [-0.1, -0.05) is 24.3 Å². The highest BCUT2D eigenvalue weighted by Gasteiger charge is 2.05. The third-order valence-corrected chi connectivity index (χ3v) is 2.68. The molecule has 0 unspecified atom stereocenters. The van der Waals surface area contributed by atoms with Gasteiger partial charge in [-0.25, -0.2) is 0 Å². The Kier molecular flexibility index (Phi) is 2.82. The van der Waals surface area contributed by atoms with Crippen LogP contribution in [0.25, 0.3) is 11.1 Å². The first-order chi connectivity index (χ1) is 7.72. The highest BCUT2D eigenvalue weighted by molar-refractivity contribution is 5.78. The zero-order valence-corrected chi connectivity index (χ0v) is 9.53. The van der Waals surface area contributed by atoms with Crippen LogP contribution in [0.2, 0.25) is 0 Å². The molecular formula is C14H15NO. The van der Waals surface area contributed by atoms with Gasteiger partial charge in [-0.05, 0) is 36.2 Å². The fraction of sp³-hybridized carbons (Fsp3) is 0.143. The van der Waals surface area contributed by atoms with Crippen LogP contribution in [-0.4, -0.2) is 7.11 Å². The van der Waals surface area contributed by atoms with E-state index in [4.69, 9.17) is 10.5 Å². The van der Waals surface area contributed by atoms with Gasteiger partial charge in [0.05, 0.1) is 7.11 Å². The second-order valence-electron chi connectivity index (χ2n) is 3.77. The van der Waals surface area contributed by atoms with E-state index >= 15 is 0 Å². The third-order valence-electron chi connectivity index (χ3n) is 2.68. The summed E-state index contributed by atoms with van der Waals surface area (Å²) < 4.78 is 5.18. The van der Waals surface area contributed by atoms with Gasteiger partial charge in [-0.2, -0.15) is 0 Å². The van der Waals surface area contributed by atoms with Crippen LogP contribution in [-0.2, 0) is 0 Å². The molecule has 0 radical (unpaired) electrons. The zero-order chi connectivity index (χ0) is 11.5. The molecule has 0 amide bonds. The molecule has 0 heterocycles. The lowest BCUT2D eigenvalue weighted by molar-refractivity contribution is 0.414. The first-order valence-electron chi connectivity index (χ1n) is 5.22. The minimum Gasteiger partial charge on any atom is -0.497 e. The van der Waals surface area contributed by atoms with Gasteiger partial charge < -0.3 is 10.5 Å².